The molecule has 0 aliphatic carbocycles. The molecule has 5 aromatic rings. The van der Waals surface area contributed by atoms with Crippen molar-refractivity contribution in [3.63, 3.8) is 0 Å². The number of aromatic nitrogens is 6. The minimum atomic E-state index is -0.679. The number of hydrogen-bond acceptors (Lipinski definition) is 12. The number of nitrogens with zero attached hydrogens (tertiary/aromatic N) is 6. The van der Waals surface area contributed by atoms with E-state index in [1.165, 1.54) is 11.8 Å². The van der Waals surface area contributed by atoms with Gasteiger partial charge in [0.25, 0.3) is 0 Å². The molecular weight excluding hydrogens is 576 g/mol. The predicted octanol–water partition coefficient (Wildman–Crippen LogP) is 3.54. The first-order valence-electron chi connectivity index (χ1n) is 13.6. The molecule has 15 heteroatoms. The van der Waals surface area contributed by atoms with Crippen molar-refractivity contribution in [3.05, 3.63) is 49.1 Å². The second-order valence-corrected chi connectivity index (χ2v) is 11.0. The highest BCUT2D eigenvalue weighted by atomic mass is 32.2. The summed E-state index contributed by atoms with van der Waals surface area (Å²) in [5.41, 5.74) is 4.07. The van der Waals surface area contributed by atoms with Gasteiger partial charge in [-0.1, -0.05) is 0 Å². The van der Waals surface area contributed by atoms with Crippen LogP contribution in [0.3, 0.4) is 0 Å². The molecule has 2 N–H and O–H groups in total. The molecule has 0 spiro atoms. The van der Waals surface area contributed by atoms with E-state index in [2.05, 4.69) is 25.7 Å². The zero-order valence-corrected chi connectivity index (χ0v) is 23.8. The zero-order valence-electron chi connectivity index (χ0n) is 23.0. The number of carbonyl (C=O) groups excluding carboxylic acids is 2. The van der Waals surface area contributed by atoms with Crippen molar-refractivity contribution in [2.45, 2.75) is 11.7 Å². The molecule has 1 aromatic carbocycles. The third-order valence-corrected chi connectivity index (χ3v) is 8.28. The maximum atomic E-state index is 12.8. The summed E-state index contributed by atoms with van der Waals surface area (Å²) in [5, 5.41) is 15.6. The first kappa shape index (κ1) is 26.8. The lowest BCUT2D eigenvalue weighted by atomic mass is 10.1. The Bertz CT molecular complexity index is 1860. The quantitative estimate of drug-likeness (QED) is 0.197. The number of cyclic esters (lactones) is 1. The van der Waals surface area contributed by atoms with E-state index in [1.807, 2.05) is 24.4 Å². The van der Waals surface area contributed by atoms with E-state index in [9.17, 15) is 9.59 Å². The maximum absolute atomic E-state index is 12.8. The molecule has 1 saturated heterocycles. The summed E-state index contributed by atoms with van der Waals surface area (Å²) in [4.78, 5) is 33.6. The van der Waals surface area contributed by atoms with Crippen LogP contribution in [-0.2, 0) is 14.3 Å². The molecule has 0 radical (unpaired) electrons. The van der Waals surface area contributed by atoms with Gasteiger partial charge in [-0.15, -0.1) is 16.9 Å². The Kier molecular flexibility index (Phi) is 7.06. The fourth-order valence-corrected chi connectivity index (χ4v) is 5.94. The van der Waals surface area contributed by atoms with Crippen LogP contribution in [0.1, 0.15) is 6.42 Å². The highest BCUT2D eigenvalue weighted by Crippen LogP contribution is 2.39. The largest absolute Gasteiger partial charge is 0.494 e. The van der Waals surface area contributed by atoms with Gasteiger partial charge in [-0.3, -0.25) is 15.1 Å². The number of nitrogens with one attached hydrogen (secondary N) is 2. The minimum Gasteiger partial charge on any atom is -0.494 e. The van der Waals surface area contributed by atoms with Crippen LogP contribution in [0.2, 0.25) is 0 Å². The number of hydrogen-bond donors (Lipinski definition) is 2. The average Bonchev–Trinajstić information content (AvgIpc) is 3.75. The lowest BCUT2D eigenvalue weighted by molar-refractivity contribution is -0.137. The predicted molar refractivity (Wildman–Crippen MR) is 158 cm³/mol. The molecule has 1 unspecified atom stereocenters. The Balaban J connectivity index is 1.23. The van der Waals surface area contributed by atoms with Gasteiger partial charge in [0.2, 0.25) is 0 Å². The van der Waals surface area contributed by atoms with E-state index < -0.39 is 6.09 Å². The fraction of sp³-hybridized carbons (Fsp3) is 0.286. The highest BCUT2D eigenvalue weighted by Gasteiger charge is 2.27. The lowest BCUT2D eigenvalue weighted by Crippen LogP contribution is -2.18. The standard InChI is InChI=1S/C28H26N8O6S/c1-39-23-12-19-22(40-8-5-29-19)13-21(23)36-20-11-18(16-15-32-35-6-2-4-30-26(16)35)31-14-17(20)25(34-36)33-28(38)42-9-10-43-24-3-7-41-27(24)37/h2,4,6,11-15,24,29H,3,5,7-10H2,1H3,(H,33,34,38). The topological polar surface area (TPSA) is 156 Å². The van der Waals surface area contributed by atoms with Crippen molar-refractivity contribution in [2.24, 2.45) is 0 Å². The van der Waals surface area contributed by atoms with Crippen LogP contribution in [0.4, 0.5) is 16.3 Å². The van der Waals surface area contributed by atoms with Gasteiger partial charge in [-0.25, -0.2) is 19.0 Å². The van der Waals surface area contributed by atoms with Crippen molar-refractivity contribution >= 4 is 51.9 Å². The number of amides is 1. The second-order valence-electron chi connectivity index (χ2n) is 9.67. The number of thioether (sulfide) groups is 1. The molecule has 4 aromatic heterocycles. The third-order valence-electron chi connectivity index (χ3n) is 7.05. The number of pyridine rings is 1. The van der Waals surface area contributed by atoms with Crippen LogP contribution in [0.15, 0.2) is 49.1 Å². The van der Waals surface area contributed by atoms with Gasteiger partial charge in [0.05, 0.1) is 47.8 Å². The van der Waals surface area contributed by atoms with E-state index in [0.29, 0.717) is 71.4 Å². The number of ether oxygens (including phenoxy) is 4. The normalized spacial score (nSPS) is 15.9. The van der Waals surface area contributed by atoms with Crippen LogP contribution >= 0.6 is 11.8 Å². The van der Waals surface area contributed by atoms with E-state index >= 15 is 0 Å². The van der Waals surface area contributed by atoms with Gasteiger partial charge in [0.1, 0.15) is 35.7 Å². The van der Waals surface area contributed by atoms with Crippen molar-refractivity contribution in [3.8, 4) is 28.4 Å². The number of anilines is 2. The van der Waals surface area contributed by atoms with E-state index in [-0.39, 0.29) is 23.6 Å². The summed E-state index contributed by atoms with van der Waals surface area (Å²) < 4.78 is 25.3. The van der Waals surface area contributed by atoms with Crippen LogP contribution in [0, 0.1) is 0 Å². The highest BCUT2D eigenvalue weighted by molar-refractivity contribution is 8.00. The summed E-state index contributed by atoms with van der Waals surface area (Å²) >= 11 is 1.41. The molecule has 14 nitrogen and oxygen atoms in total. The van der Waals surface area contributed by atoms with E-state index in [1.54, 1.807) is 41.0 Å². The SMILES string of the molecule is COc1cc2c(cc1-n1nc(NC(=O)OCCSC3CCOC3=O)c3cnc(-c4cnn5cccnc45)cc31)OCCN2. The number of esters is 1. The van der Waals surface area contributed by atoms with Gasteiger partial charge in [-0.05, 0) is 12.1 Å². The van der Waals surface area contributed by atoms with Crippen LogP contribution in [-0.4, -0.2) is 85.9 Å². The number of methoxy groups -OCH3 is 1. The van der Waals surface area contributed by atoms with E-state index in [0.717, 1.165) is 11.3 Å². The van der Waals surface area contributed by atoms with Crippen LogP contribution in [0.25, 0.3) is 33.5 Å². The molecule has 6 heterocycles. The summed E-state index contributed by atoms with van der Waals surface area (Å²) in [6.45, 7) is 1.75. The summed E-state index contributed by atoms with van der Waals surface area (Å²) in [7, 11) is 1.58. The number of carbonyl (C=O) groups is 2. The molecule has 2 aliphatic heterocycles. The Morgan fingerprint density at radius 1 is 1.21 bits per heavy atom. The molecule has 0 bridgehead atoms. The van der Waals surface area contributed by atoms with Crippen molar-refractivity contribution in [1.82, 2.24) is 29.4 Å². The molecule has 2 aliphatic rings. The molecule has 1 fully saturated rings. The molecule has 7 rings (SSSR count). The Hall–Kier alpha value is -5.05. The Morgan fingerprint density at radius 2 is 2.14 bits per heavy atom. The first-order valence-corrected chi connectivity index (χ1v) is 14.6. The monoisotopic (exact) mass is 602 g/mol. The number of rotatable bonds is 8. The molecule has 1 amide bonds. The van der Waals surface area contributed by atoms with Crippen LogP contribution < -0.4 is 20.1 Å². The second kappa shape index (κ2) is 11.3. The molecule has 1 atom stereocenters. The molecule has 220 valence electrons. The fourth-order valence-electron chi connectivity index (χ4n) is 5.01. The van der Waals surface area contributed by atoms with Crippen LogP contribution in [0.5, 0.6) is 11.5 Å². The summed E-state index contributed by atoms with van der Waals surface area (Å²) in [6.07, 6.45) is 6.83. The van der Waals surface area contributed by atoms with Crippen molar-refractivity contribution in [2.75, 3.05) is 49.9 Å². The van der Waals surface area contributed by atoms with Gasteiger partial charge >= 0.3 is 12.1 Å². The molecule has 0 saturated carbocycles. The van der Waals surface area contributed by atoms with Gasteiger partial charge in [0.15, 0.2) is 11.5 Å². The van der Waals surface area contributed by atoms with Gasteiger partial charge < -0.3 is 24.3 Å². The van der Waals surface area contributed by atoms with Crippen molar-refractivity contribution < 1.29 is 28.5 Å². The third kappa shape index (κ3) is 5.11. The van der Waals surface area contributed by atoms with Gasteiger partial charge in [0, 0.05) is 49.4 Å². The lowest BCUT2D eigenvalue weighted by Gasteiger charge is -2.21. The van der Waals surface area contributed by atoms with E-state index in [4.69, 9.17) is 24.0 Å². The summed E-state index contributed by atoms with van der Waals surface area (Å²) in [6, 6.07) is 7.36. The molecule has 43 heavy (non-hydrogen) atoms. The maximum Gasteiger partial charge on any atom is 0.412 e. The summed E-state index contributed by atoms with van der Waals surface area (Å²) in [5.74, 6) is 1.69. The van der Waals surface area contributed by atoms with Gasteiger partial charge in [-0.2, -0.15) is 5.10 Å². The van der Waals surface area contributed by atoms with Crippen molar-refractivity contribution in [1.29, 1.82) is 0 Å². The number of fused-ring (bicyclic) bond motifs is 3. The smallest absolute Gasteiger partial charge is 0.412 e. The molecular formula is C28H26N8O6S. The average molecular weight is 603 g/mol. The minimum absolute atomic E-state index is 0.117. The zero-order chi connectivity index (χ0) is 29.3. The Morgan fingerprint density at radius 3 is 3.00 bits per heavy atom. The Labute approximate surface area is 248 Å². The first-order chi connectivity index (χ1) is 21.1. The number of benzene rings is 1.